The van der Waals surface area contributed by atoms with Crippen LogP contribution in [-0.4, -0.2) is 9.97 Å². The Bertz CT molecular complexity index is 472. The number of aromatic nitrogens is 2. The van der Waals surface area contributed by atoms with E-state index in [0.29, 0.717) is 12.4 Å². The van der Waals surface area contributed by atoms with Crippen LogP contribution in [0, 0.1) is 11.3 Å². The van der Waals surface area contributed by atoms with Gasteiger partial charge in [-0.05, 0) is 18.2 Å². The zero-order valence-corrected chi connectivity index (χ0v) is 7.84. The van der Waals surface area contributed by atoms with E-state index in [-0.39, 0.29) is 5.82 Å². The number of furan rings is 1. The smallest absolute Gasteiger partial charge is 0.234 e. The highest BCUT2D eigenvalue weighted by Gasteiger charge is 1.99. The summed E-state index contributed by atoms with van der Waals surface area (Å²) in [5, 5.41) is 11.6. The van der Waals surface area contributed by atoms with Crippen molar-refractivity contribution in [2.24, 2.45) is 0 Å². The van der Waals surface area contributed by atoms with Gasteiger partial charge < -0.3 is 9.73 Å². The largest absolute Gasteiger partial charge is 0.467 e. The number of nitrogens with zero attached hydrogens (tertiary/aromatic N) is 3. The normalized spacial score (nSPS) is 9.53. The SMILES string of the molecule is N#Cc1nccc(NCc2ccco2)n1. The van der Waals surface area contributed by atoms with Gasteiger partial charge in [0.25, 0.3) is 0 Å². The Morgan fingerprint density at radius 3 is 3.13 bits per heavy atom. The highest BCUT2D eigenvalue weighted by molar-refractivity contribution is 5.35. The predicted molar refractivity (Wildman–Crippen MR) is 52.8 cm³/mol. The van der Waals surface area contributed by atoms with Crippen LogP contribution in [0.5, 0.6) is 0 Å². The molecule has 2 rings (SSSR count). The van der Waals surface area contributed by atoms with Gasteiger partial charge in [0.1, 0.15) is 17.6 Å². The fraction of sp³-hybridized carbons (Fsp3) is 0.100. The summed E-state index contributed by atoms with van der Waals surface area (Å²) < 4.78 is 5.14. The maximum atomic E-state index is 8.59. The first-order valence-corrected chi connectivity index (χ1v) is 4.38. The van der Waals surface area contributed by atoms with Gasteiger partial charge in [-0.15, -0.1) is 0 Å². The highest BCUT2D eigenvalue weighted by Crippen LogP contribution is 2.05. The van der Waals surface area contributed by atoms with Crippen LogP contribution in [-0.2, 0) is 6.54 Å². The molecule has 0 aromatic carbocycles. The maximum Gasteiger partial charge on any atom is 0.234 e. The Kier molecular flexibility index (Phi) is 2.61. The van der Waals surface area contributed by atoms with Gasteiger partial charge in [0, 0.05) is 6.20 Å². The lowest BCUT2D eigenvalue weighted by atomic mass is 10.4. The number of anilines is 1. The molecule has 74 valence electrons. The highest BCUT2D eigenvalue weighted by atomic mass is 16.3. The first kappa shape index (κ1) is 9.21. The van der Waals surface area contributed by atoms with Gasteiger partial charge in [-0.25, -0.2) is 9.97 Å². The van der Waals surface area contributed by atoms with Crippen LogP contribution in [0.3, 0.4) is 0 Å². The average molecular weight is 200 g/mol. The van der Waals surface area contributed by atoms with Crippen LogP contribution in [0.25, 0.3) is 0 Å². The molecule has 0 aliphatic heterocycles. The Labute approximate surface area is 86.4 Å². The molecule has 0 spiro atoms. The second-order valence-electron chi connectivity index (χ2n) is 2.81. The molecular weight excluding hydrogens is 192 g/mol. The number of nitrogens with one attached hydrogen (secondary N) is 1. The fourth-order valence-electron chi connectivity index (χ4n) is 1.10. The molecule has 0 saturated heterocycles. The lowest BCUT2D eigenvalue weighted by Gasteiger charge is -2.02. The number of rotatable bonds is 3. The van der Waals surface area contributed by atoms with Gasteiger partial charge >= 0.3 is 0 Å². The van der Waals surface area contributed by atoms with Gasteiger partial charge in [-0.3, -0.25) is 0 Å². The molecule has 2 aromatic rings. The zero-order chi connectivity index (χ0) is 10.5. The number of nitriles is 1. The summed E-state index contributed by atoms with van der Waals surface area (Å²) in [4.78, 5) is 7.73. The molecule has 2 aromatic heterocycles. The van der Waals surface area contributed by atoms with Crippen molar-refractivity contribution in [3.63, 3.8) is 0 Å². The summed E-state index contributed by atoms with van der Waals surface area (Å²) in [7, 11) is 0. The second-order valence-corrected chi connectivity index (χ2v) is 2.81. The van der Waals surface area contributed by atoms with E-state index in [4.69, 9.17) is 9.68 Å². The summed E-state index contributed by atoms with van der Waals surface area (Å²) >= 11 is 0. The first-order chi connectivity index (χ1) is 7.38. The summed E-state index contributed by atoms with van der Waals surface area (Å²) in [5.74, 6) is 1.57. The lowest BCUT2D eigenvalue weighted by molar-refractivity contribution is 0.518. The van der Waals surface area contributed by atoms with Crippen molar-refractivity contribution >= 4 is 5.82 Å². The molecule has 5 nitrogen and oxygen atoms in total. The zero-order valence-electron chi connectivity index (χ0n) is 7.84. The van der Waals surface area contributed by atoms with E-state index < -0.39 is 0 Å². The standard InChI is InChI=1S/C10H8N4O/c11-6-10-12-4-3-9(14-10)13-7-8-2-1-5-15-8/h1-5H,7H2,(H,12,13,14). The van der Waals surface area contributed by atoms with Crippen molar-refractivity contribution in [2.45, 2.75) is 6.54 Å². The molecule has 0 unspecified atom stereocenters. The first-order valence-electron chi connectivity index (χ1n) is 4.38. The number of hydrogen-bond donors (Lipinski definition) is 1. The van der Waals surface area contributed by atoms with E-state index in [1.807, 2.05) is 18.2 Å². The topological polar surface area (TPSA) is 74.7 Å². The molecule has 0 fully saturated rings. The van der Waals surface area contributed by atoms with Crippen LogP contribution in [0.15, 0.2) is 35.1 Å². The van der Waals surface area contributed by atoms with Crippen molar-refractivity contribution in [3.8, 4) is 6.07 Å². The van der Waals surface area contributed by atoms with Crippen LogP contribution >= 0.6 is 0 Å². The molecule has 0 saturated carbocycles. The summed E-state index contributed by atoms with van der Waals surface area (Å²) in [6, 6.07) is 7.25. The molecule has 0 aliphatic carbocycles. The van der Waals surface area contributed by atoms with E-state index in [0.717, 1.165) is 5.76 Å². The van der Waals surface area contributed by atoms with Crippen molar-refractivity contribution < 1.29 is 4.42 Å². The molecule has 0 aliphatic rings. The Balaban J connectivity index is 2.02. The minimum absolute atomic E-state index is 0.152. The molecule has 15 heavy (non-hydrogen) atoms. The van der Waals surface area contributed by atoms with Gasteiger partial charge in [-0.2, -0.15) is 5.26 Å². The molecule has 0 atom stereocenters. The minimum atomic E-state index is 0.152. The Hall–Kier alpha value is -2.35. The number of hydrogen-bond acceptors (Lipinski definition) is 5. The van der Waals surface area contributed by atoms with Crippen LogP contribution < -0.4 is 5.32 Å². The van der Waals surface area contributed by atoms with Crippen molar-refractivity contribution in [1.82, 2.24) is 9.97 Å². The molecule has 2 heterocycles. The Morgan fingerprint density at radius 2 is 2.40 bits per heavy atom. The Morgan fingerprint density at radius 1 is 1.47 bits per heavy atom. The van der Waals surface area contributed by atoms with Crippen LogP contribution in [0.1, 0.15) is 11.6 Å². The summed E-state index contributed by atoms with van der Waals surface area (Å²) in [6.07, 6.45) is 3.15. The monoisotopic (exact) mass is 200 g/mol. The second kappa shape index (κ2) is 4.24. The lowest BCUT2D eigenvalue weighted by Crippen LogP contribution is -2.01. The van der Waals surface area contributed by atoms with Crippen molar-refractivity contribution in [2.75, 3.05) is 5.32 Å². The quantitative estimate of drug-likeness (QED) is 0.813. The fourth-order valence-corrected chi connectivity index (χ4v) is 1.10. The van der Waals surface area contributed by atoms with Crippen LogP contribution in [0.4, 0.5) is 5.82 Å². The van der Waals surface area contributed by atoms with Crippen molar-refractivity contribution in [3.05, 3.63) is 42.2 Å². The minimum Gasteiger partial charge on any atom is -0.467 e. The van der Waals surface area contributed by atoms with Crippen LogP contribution in [0.2, 0.25) is 0 Å². The van der Waals surface area contributed by atoms with Crippen molar-refractivity contribution in [1.29, 1.82) is 5.26 Å². The third kappa shape index (κ3) is 2.31. The van der Waals surface area contributed by atoms with Gasteiger partial charge in [0.05, 0.1) is 12.8 Å². The summed E-state index contributed by atoms with van der Waals surface area (Å²) in [5.41, 5.74) is 0. The predicted octanol–water partition coefficient (Wildman–Crippen LogP) is 1.55. The van der Waals surface area contributed by atoms with E-state index >= 15 is 0 Å². The molecule has 1 N–H and O–H groups in total. The molecule has 0 radical (unpaired) electrons. The van der Waals surface area contributed by atoms with E-state index in [2.05, 4.69) is 15.3 Å². The summed E-state index contributed by atoms with van der Waals surface area (Å²) in [6.45, 7) is 0.537. The third-order valence-electron chi connectivity index (χ3n) is 1.78. The van der Waals surface area contributed by atoms with E-state index in [1.165, 1.54) is 6.20 Å². The van der Waals surface area contributed by atoms with Gasteiger partial charge in [-0.1, -0.05) is 0 Å². The molecule has 0 bridgehead atoms. The molecule has 5 heteroatoms. The van der Waals surface area contributed by atoms with Gasteiger partial charge in [0.2, 0.25) is 5.82 Å². The van der Waals surface area contributed by atoms with Gasteiger partial charge in [0.15, 0.2) is 0 Å². The maximum absolute atomic E-state index is 8.59. The molecular formula is C10H8N4O. The van der Waals surface area contributed by atoms with E-state index in [9.17, 15) is 0 Å². The molecule has 0 amide bonds. The van der Waals surface area contributed by atoms with E-state index in [1.54, 1.807) is 12.3 Å². The third-order valence-corrected chi connectivity index (χ3v) is 1.78. The average Bonchev–Trinajstić information content (AvgIpc) is 2.79.